The summed E-state index contributed by atoms with van der Waals surface area (Å²) < 4.78 is 67.8. The van der Waals surface area contributed by atoms with Gasteiger partial charge in [-0.3, -0.25) is 4.72 Å². The molecule has 11 heteroatoms. The molecule has 224 valence electrons. The fraction of sp³-hybridized carbons (Fsp3) is 0.586. The van der Waals surface area contributed by atoms with Crippen LogP contribution in [-0.4, -0.2) is 47.9 Å². The van der Waals surface area contributed by atoms with Gasteiger partial charge in [0.1, 0.15) is 10.6 Å². The molecule has 1 saturated heterocycles. The number of rotatable bonds is 12. The van der Waals surface area contributed by atoms with Crippen LogP contribution in [0.4, 0.5) is 5.69 Å². The number of nitrogens with two attached hydrogens (primary N) is 1. The second kappa shape index (κ2) is 13.2. The molecule has 1 heterocycles. The zero-order valence-corrected chi connectivity index (χ0v) is 25.8. The summed E-state index contributed by atoms with van der Waals surface area (Å²) in [5.74, 6) is 0.236. The normalized spacial score (nSPS) is 16.1. The van der Waals surface area contributed by atoms with E-state index in [4.69, 9.17) is 14.6 Å². The molecule has 0 aliphatic carbocycles. The summed E-state index contributed by atoms with van der Waals surface area (Å²) in [6.45, 7) is 10.6. The molecule has 0 radical (unpaired) electrons. The second-order valence-corrected chi connectivity index (χ2v) is 14.6. The van der Waals surface area contributed by atoms with Crippen molar-refractivity contribution in [1.29, 1.82) is 0 Å². The predicted octanol–water partition coefficient (Wildman–Crippen LogP) is 4.50. The number of anilines is 1. The number of ether oxygens (including phenoxy) is 2. The zero-order chi connectivity index (χ0) is 29.7. The van der Waals surface area contributed by atoms with Crippen molar-refractivity contribution in [2.45, 2.75) is 94.5 Å². The van der Waals surface area contributed by atoms with E-state index < -0.39 is 31.6 Å². The summed E-state index contributed by atoms with van der Waals surface area (Å²) >= 11 is 0. The number of hydrogen-bond donors (Lipinski definition) is 3. The van der Waals surface area contributed by atoms with Crippen molar-refractivity contribution in [3.05, 3.63) is 47.0 Å². The van der Waals surface area contributed by atoms with Crippen LogP contribution in [0.25, 0.3) is 0 Å². The van der Waals surface area contributed by atoms with Gasteiger partial charge in [-0.15, -0.1) is 0 Å². The van der Waals surface area contributed by atoms with Gasteiger partial charge in [-0.1, -0.05) is 46.8 Å². The molecule has 3 rings (SSSR count). The van der Waals surface area contributed by atoms with Gasteiger partial charge in [-0.25, -0.2) is 22.0 Å². The first-order chi connectivity index (χ1) is 18.7. The Labute approximate surface area is 239 Å². The maximum atomic E-state index is 13.9. The summed E-state index contributed by atoms with van der Waals surface area (Å²) in [6.07, 6.45) is 3.44. The van der Waals surface area contributed by atoms with Crippen LogP contribution >= 0.6 is 0 Å². The third kappa shape index (κ3) is 8.19. The molecule has 0 amide bonds. The number of nitrogens with one attached hydrogen (secondary N) is 1. The highest BCUT2D eigenvalue weighted by molar-refractivity contribution is 7.93. The van der Waals surface area contributed by atoms with E-state index in [2.05, 4.69) is 4.72 Å². The van der Waals surface area contributed by atoms with E-state index in [0.717, 1.165) is 30.4 Å². The van der Waals surface area contributed by atoms with Crippen LogP contribution in [-0.2, 0) is 43.0 Å². The van der Waals surface area contributed by atoms with Gasteiger partial charge in [-0.05, 0) is 79.2 Å². The highest BCUT2D eigenvalue weighted by Crippen LogP contribution is 2.40. The summed E-state index contributed by atoms with van der Waals surface area (Å²) in [4.78, 5) is -0.496. The fourth-order valence-electron chi connectivity index (χ4n) is 4.90. The van der Waals surface area contributed by atoms with Gasteiger partial charge in [0.2, 0.25) is 10.0 Å². The van der Waals surface area contributed by atoms with E-state index in [1.807, 2.05) is 26.0 Å². The monoisotopic (exact) mass is 596 g/mol. The maximum Gasteiger partial charge on any atom is 0.262 e. The van der Waals surface area contributed by atoms with E-state index in [1.165, 1.54) is 12.1 Å². The number of primary sulfonamides is 1. The molecule has 0 saturated carbocycles. The van der Waals surface area contributed by atoms with Gasteiger partial charge in [0.05, 0.1) is 23.3 Å². The largest absolute Gasteiger partial charge is 0.492 e. The first-order valence-corrected chi connectivity index (χ1v) is 16.9. The lowest BCUT2D eigenvalue weighted by molar-refractivity contribution is 0.0492. The molecule has 9 nitrogen and oxygen atoms in total. The third-order valence-electron chi connectivity index (χ3n) is 7.26. The summed E-state index contributed by atoms with van der Waals surface area (Å²) in [5, 5.41) is 15.8. The molecule has 0 aromatic heterocycles. The topological polar surface area (TPSA) is 145 Å². The van der Waals surface area contributed by atoms with Crippen LogP contribution in [0, 0.1) is 5.92 Å². The Kier molecular flexibility index (Phi) is 10.7. The summed E-state index contributed by atoms with van der Waals surface area (Å²) in [5.41, 5.74) is 1.35. The molecule has 1 fully saturated rings. The predicted molar refractivity (Wildman–Crippen MR) is 157 cm³/mol. The SMILES string of the molecule is CCc1ccc(NS(=O)(=O)c2ccc(OCC3CCOCC3)c(S(N)(=O)=O)c2C(C)(C)C)c(CCC(O)CC)c1. The van der Waals surface area contributed by atoms with E-state index in [1.54, 1.807) is 26.8 Å². The van der Waals surface area contributed by atoms with Crippen LogP contribution in [0.1, 0.15) is 77.0 Å². The lowest BCUT2D eigenvalue weighted by Crippen LogP contribution is -2.28. The molecule has 1 atom stereocenters. The highest BCUT2D eigenvalue weighted by atomic mass is 32.2. The lowest BCUT2D eigenvalue weighted by atomic mass is 9.86. The molecule has 2 aromatic carbocycles. The van der Waals surface area contributed by atoms with Gasteiger partial charge in [0.15, 0.2) is 0 Å². The highest BCUT2D eigenvalue weighted by Gasteiger charge is 2.35. The van der Waals surface area contributed by atoms with Crippen molar-refractivity contribution in [3.8, 4) is 5.75 Å². The number of aliphatic hydroxyl groups excluding tert-OH is 1. The third-order valence-corrected chi connectivity index (χ3v) is 9.65. The Bertz CT molecular complexity index is 1380. The summed E-state index contributed by atoms with van der Waals surface area (Å²) in [6, 6.07) is 8.27. The number of sulfonamides is 2. The van der Waals surface area contributed by atoms with Crippen molar-refractivity contribution in [3.63, 3.8) is 0 Å². The van der Waals surface area contributed by atoms with Gasteiger partial charge in [0, 0.05) is 18.8 Å². The minimum Gasteiger partial charge on any atom is -0.492 e. The van der Waals surface area contributed by atoms with E-state index in [9.17, 15) is 21.9 Å². The average Bonchev–Trinajstić information content (AvgIpc) is 2.89. The molecule has 4 N–H and O–H groups in total. The van der Waals surface area contributed by atoms with Gasteiger partial charge in [0.25, 0.3) is 10.0 Å². The number of aliphatic hydroxyl groups is 1. The van der Waals surface area contributed by atoms with Crippen molar-refractivity contribution >= 4 is 25.7 Å². The van der Waals surface area contributed by atoms with Gasteiger partial charge in [-0.2, -0.15) is 0 Å². The lowest BCUT2D eigenvalue weighted by Gasteiger charge is -2.28. The van der Waals surface area contributed by atoms with E-state index in [-0.39, 0.29) is 33.6 Å². The fourth-order valence-corrected chi connectivity index (χ4v) is 7.59. The minimum absolute atomic E-state index is 0.0411. The molecule has 1 unspecified atom stereocenters. The quantitative estimate of drug-likeness (QED) is 0.327. The smallest absolute Gasteiger partial charge is 0.262 e. The molecule has 1 aliphatic rings. The van der Waals surface area contributed by atoms with Crippen molar-refractivity contribution in [2.24, 2.45) is 11.1 Å². The van der Waals surface area contributed by atoms with Crippen molar-refractivity contribution < 1.29 is 31.4 Å². The Morgan fingerprint density at radius 2 is 1.77 bits per heavy atom. The Morgan fingerprint density at radius 3 is 2.35 bits per heavy atom. The number of aryl methyl sites for hydroxylation is 2. The Hall–Kier alpha value is -2.18. The molecule has 0 spiro atoms. The van der Waals surface area contributed by atoms with Gasteiger partial charge >= 0.3 is 0 Å². The molecule has 1 aliphatic heterocycles. The van der Waals surface area contributed by atoms with Gasteiger partial charge < -0.3 is 14.6 Å². The molecule has 2 aromatic rings. The average molecular weight is 597 g/mol. The minimum atomic E-state index is -4.36. The molecular formula is C29H44N2O7S2. The van der Waals surface area contributed by atoms with Crippen LogP contribution in [0.3, 0.4) is 0 Å². The first-order valence-electron chi connectivity index (χ1n) is 13.9. The first kappa shape index (κ1) is 32.3. The number of benzene rings is 2. The van der Waals surface area contributed by atoms with Crippen LogP contribution in [0.15, 0.2) is 40.1 Å². The van der Waals surface area contributed by atoms with E-state index >= 15 is 0 Å². The van der Waals surface area contributed by atoms with Crippen molar-refractivity contribution in [1.82, 2.24) is 0 Å². The zero-order valence-electron chi connectivity index (χ0n) is 24.2. The standard InChI is InChI=1S/C29H44N2O7S2/c1-6-20-8-11-24(22(18-20)9-10-23(32)7-2)31-40(35,36)26-13-12-25(38-19-21-14-16-37-17-15-21)28(39(30,33)34)27(26)29(3,4)5/h8,11-13,18,21,23,31-32H,6-7,9-10,14-17,19H2,1-5H3,(H2,30,33,34). The Balaban J connectivity index is 2.08. The van der Waals surface area contributed by atoms with Crippen LogP contribution < -0.4 is 14.6 Å². The van der Waals surface area contributed by atoms with E-state index in [0.29, 0.717) is 38.2 Å². The molecular weight excluding hydrogens is 552 g/mol. The van der Waals surface area contributed by atoms with Crippen LogP contribution in [0.5, 0.6) is 5.75 Å². The van der Waals surface area contributed by atoms with Crippen LogP contribution in [0.2, 0.25) is 0 Å². The maximum absolute atomic E-state index is 13.9. The molecule has 40 heavy (non-hydrogen) atoms. The van der Waals surface area contributed by atoms with Crippen molar-refractivity contribution in [2.75, 3.05) is 24.5 Å². The summed E-state index contributed by atoms with van der Waals surface area (Å²) in [7, 11) is -8.62. The molecule has 0 bridgehead atoms. The number of hydrogen-bond acceptors (Lipinski definition) is 7. The Morgan fingerprint density at radius 1 is 1.10 bits per heavy atom. The second-order valence-electron chi connectivity index (χ2n) is 11.5.